The average molecular weight is 243 g/mol. The molecule has 1 heterocycles. The molecule has 0 unspecified atom stereocenters. The molecule has 2 rings (SSSR count). The van der Waals surface area contributed by atoms with Gasteiger partial charge in [0, 0.05) is 19.4 Å². The lowest BCUT2D eigenvalue weighted by Crippen LogP contribution is -2.27. The zero-order chi connectivity index (χ0) is 12.8. The predicted molar refractivity (Wildman–Crippen MR) is 65.4 cm³/mol. The number of rotatable bonds is 4. The molecule has 0 saturated heterocycles. The Hall–Kier alpha value is -2.27. The van der Waals surface area contributed by atoms with E-state index < -0.39 is 0 Å². The van der Waals surface area contributed by atoms with Crippen LogP contribution in [0.25, 0.3) is 0 Å². The number of nitrogens with zero attached hydrogens (tertiary/aromatic N) is 3. The van der Waals surface area contributed by atoms with Gasteiger partial charge in [0.25, 0.3) is 5.91 Å². The number of carbonyl (C=O) groups excluding carboxylic acids is 1. The lowest BCUT2D eigenvalue weighted by Gasteiger charge is -2.15. The van der Waals surface area contributed by atoms with Crippen molar-refractivity contribution in [1.82, 2.24) is 15.0 Å². The van der Waals surface area contributed by atoms with Gasteiger partial charge in [0.1, 0.15) is 12.3 Å². The Bertz CT molecular complexity index is 502. The first kappa shape index (κ1) is 12.2. The number of aromatic nitrogens is 2. The largest absolute Gasteiger partial charge is 0.297 e. The van der Waals surface area contributed by atoms with Crippen molar-refractivity contribution in [3.63, 3.8) is 0 Å². The summed E-state index contributed by atoms with van der Waals surface area (Å²) in [6, 6.07) is 9.63. The fourth-order valence-electron chi connectivity index (χ4n) is 1.38. The smallest absolute Gasteiger partial charge is 0.266 e. The van der Waals surface area contributed by atoms with Crippen LogP contribution in [0.15, 0.2) is 48.9 Å². The van der Waals surface area contributed by atoms with Crippen LogP contribution in [0, 0.1) is 0 Å². The van der Waals surface area contributed by atoms with Crippen molar-refractivity contribution in [1.29, 1.82) is 0 Å². The van der Waals surface area contributed by atoms with Crippen molar-refractivity contribution in [2.45, 2.75) is 6.61 Å². The monoisotopic (exact) mass is 243 g/mol. The molecular formula is C13H13N3O2. The molecule has 0 saturated carbocycles. The number of benzene rings is 1. The molecule has 0 N–H and O–H groups in total. The topological polar surface area (TPSA) is 55.3 Å². The van der Waals surface area contributed by atoms with Gasteiger partial charge in [-0.15, -0.1) is 0 Å². The van der Waals surface area contributed by atoms with Crippen molar-refractivity contribution in [3.05, 3.63) is 60.2 Å². The highest BCUT2D eigenvalue weighted by Gasteiger charge is 2.13. The Kier molecular flexibility index (Phi) is 3.98. The first-order valence-electron chi connectivity index (χ1n) is 5.48. The Labute approximate surface area is 105 Å². The lowest BCUT2D eigenvalue weighted by atomic mass is 10.2. The van der Waals surface area contributed by atoms with E-state index in [1.54, 1.807) is 7.05 Å². The third-order valence-corrected chi connectivity index (χ3v) is 2.34. The first-order valence-corrected chi connectivity index (χ1v) is 5.48. The minimum absolute atomic E-state index is 0.257. The van der Waals surface area contributed by atoms with Crippen molar-refractivity contribution in [2.75, 3.05) is 7.05 Å². The summed E-state index contributed by atoms with van der Waals surface area (Å²) in [5.74, 6) is -0.320. The maximum atomic E-state index is 11.9. The van der Waals surface area contributed by atoms with Crippen molar-refractivity contribution < 1.29 is 9.63 Å². The van der Waals surface area contributed by atoms with Gasteiger partial charge < -0.3 is 0 Å². The van der Waals surface area contributed by atoms with E-state index in [9.17, 15) is 4.79 Å². The van der Waals surface area contributed by atoms with E-state index >= 15 is 0 Å². The van der Waals surface area contributed by atoms with Crippen LogP contribution in [0.5, 0.6) is 0 Å². The molecule has 0 fully saturated rings. The third kappa shape index (κ3) is 3.11. The van der Waals surface area contributed by atoms with Gasteiger partial charge in [-0.25, -0.2) is 10.0 Å². The minimum Gasteiger partial charge on any atom is -0.266 e. The normalized spacial score (nSPS) is 10.1. The molecule has 2 aromatic rings. The van der Waals surface area contributed by atoms with Crippen LogP contribution < -0.4 is 0 Å². The Morgan fingerprint density at radius 2 is 2.06 bits per heavy atom. The van der Waals surface area contributed by atoms with Gasteiger partial charge >= 0.3 is 0 Å². The van der Waals surface area contributed by atoms with Gasteiger partial charge in [-0.2, -0.15) is 0 Å². The van der Waals surface area contributed by atoms with E-state index in [2.05, 4.69) is 9.97 Å². The summed E-state index contributed by atoms with van der Waals surface area (Å²) in [7, 11) is 1.56. The third-order valence-electron chi connectivity index (χ3n) is 2.34. The molecule has 0 aliphatic rings. The summed E-state index contributed by atoms with van der Waals surface area (Å²) in [5.41, 5.74) is 1.25. The van der Waals surface area contributed by atoms with E-state index in [0.717, 1.165) is 10.6 Å². The molecule has 1 aromatic heterocycles. The second kappa shape index (κ2) is 5.88. The molecule has 0 aliphatic carbocycles. The summed E-state index contributed by atoms with van der Waals surface area (Å²) in [6.07, 6.45) is 4.39. The fraction of sp³-hybridized carbons (Fsp3) is 0.154. The van der Waals surface area contributed by atoms with E-state index in [0.29, 0.717) is 6.61 Å². The van der Waals surface area contributed by atoms with Gasteiger partial charge in [-0.1, -0.05) is 30.3 Å². The van der Waals surface area contributed by atoms with E-state index in [4.69, 9.17) is 4.84 Å². The Balaban J connectivity index is 1.93. The second-order valence-electron chi connectivity index (χ2n) is 3.65. The van der Waals surface area contributed by atoms with Crippen molar-refractivity contribution in [3.8, 4) is 0 Å². The summed E-state index contributed by atoms with van der Waals surface area (Å²) in [4.78, 5) is 25.0. The van der Waals surface area contributed by atoms with Gasteiger partial charge in [0.05, 0.1) is 6.20 Å². The number of amides is 1. The van der Waals surface area contributed by atoms with Crippen LogP contribution in [-0.4, -0.2) is 28.0 Å². The molecule has 18 heavy (non-hydrogen) atoms. The first-order chi connectivity index (χ1) is 8.77. The molecule has 1 amide bonds. The highest BCUT2D eigenvalue weighted by atomic mass is 16.7. The van der Waals surface area contributed by atoms with Crippen LogP contribution in [0.1, 0.15) is 16.1 Å². The van der Waals surface area contributed by atoms with Crippen LogP contribution in [0.4, 0.5) is 0 Å². The summed E-state index contributed by atoms with van der Waals surface area (Å²) in [6.45, 7) is 0.337. The second-order valence-corrected chi connectivity index (χ2v) is 3.65. The quantitative estimate of drug-likeness (QED) is 0.767. The van der Waals surface area contributed by atoms with Crippen LogP contribution in [-0.2, 0) is 11.4 Å². The maximum absolute atomic E-state index is 11.9. The molecule has 5 nitrogen and oxygen atoms in total. The van der Waals surface area contributed by atoms with Gasteiger partial charge in [0.2, 0.25) is 0 Å². The number of hydrogen-bond acceptors (Lipinski definition) is 4. The number of hydroxylamine groups is 2. The van der Waals surface area contributed by atoms with Crippen LogP contribution >= 0.6 is 0 Å². The van der Waals surface area contributed by atoms with E-state index in [1.165, 1.54) is 18.6 Å². The standard InChI is InChI=1S/C13H13N3O2/c1-16(13(17)12-9-14-7-8-15-12)18-10-11-5-3-2-4-6-11/h2-9H,10H2,1H3. The Morgan fingerprint density at radius 3 is 2.72 bits per heavy atom. The molecule has 0 spiro atoms. The van der Waals surface area contributed by atoms with Crippen LogP contribution in [0.3, 0.4) is 0 Å². The maximum Gasteiger partial charge on any atom is 0.297 e. The van der Waals surface area contributed by atoms with E-state index in [-0.39, 0.29) is 11.6 Å². The SMILES string of the molecule is CN(OCc1ccccc1)C(=O)c1cnccn1. The van der Waals surface area contributed by atoms with Gasteiger partial charge in [-0.3, -0.25) is 14.6 Å². The molecule has 0 aliphatic heterocycles. The molecule has 0 atom stereocenters. The molecule has 92 valence electrons. The van der Waals surface area contributed by atoms with E-state index in [1.807, 2.05) is 30.3 Å². The minimum atomic E-state index is -0.320. The highest BCUT2D eigenvalue weighted by molar-refractivity contribution is 5.90. The fourth-order valence-corrected chi connectivity index (χ4v) is 1.38. The highest BCUT2D eigenvalue weighted by Crippen LogP contribution is 2.04. The zero-order valence-corrected chi connectivity index (χ0v) is 9.98. The summed E-state index contributed by atoms with van der Waals surface area (Å²) >= 11 is 0. The van der Waals surface area contributed by atoms with Crippen LogP contribution in [0.2, 0.25) is 0 Å². The molecule has 0 bridgehead atoms. The zero-order valence-electron chi connectivity index (χ0n) is 9.98. The number of carbonyl (C=O) groups is 1. The number of hydrogen-bond donors (Lipinski definition) is 0. The predicted octanol–water partition coefficient (Wildman–Crippen LogP) is 1.68. The van der Waals surface area contributed by atoms with Gasteiger partial charge in [-0.05, 0) is 5.56 Å². The van der Waals surface area contributed by atoms with Crippen molar-refractivity contribution >= 4 is 5.91 Å². The van der Waals surface area contributed by atoms with Gasteiger partial charge in [0.15, 0.2) is 0 Å². The average Bonchev–Trinajstić information content (AvgIpc) is 2.46. The Morgan fingerprint density at radius 1 is 1.28 bits per heavy atom. The molecule has 1 aromatic carbocycles. The molecule has 5 heteroatoms. The lowest BCUT2D eigenvalue weighted by molar-refractivity contribution is -0.116. The van der Waals surface area contributed by atoms with Crippen molar-refractivity contribution in [2.24, 2.45) is 0 Å². The molecule has 0 radical (unpaired) electrons. The summed E-state index contributed by atoms with van der Waals surface area (Å²) in [5, 5.41) is 1.16. The molecular weight excluding hydrogens is 230 g/mol. The summed E-state index contributed by atoms with van der Waals surface area (Å²) < 4.78 is 0.